The second-order valence-electron chi connectivity index (χ2n) is 5.76. The summed E-state index contributed by atoms with van der Waals surface area (Å²) in [5, 5.41) is 2.86. The van der Waals surface area contributed by atoms with Gasteiger partial charge in [-0.2, -0.15) is 0 Å². The van der Waals surface area contributed by atoms with E-state index in [1.807, 2.05) is 45.9 Å². The molecule has 0 unspecified atom stereocenters. The molecule has 0 atom stereocenters. The topological polar surface area (TPSA) is 55.4 Å². The van der Waals surface area contributed by atoms with Crippen LogP contribution < -0.4 is 10.1 Å². The number of aldehydes is 1. The van der Waals surface area contributed by atoms with Gasteiger partial charge in [0.15, 0.2) is 6.61 Å². The van der Waals surface area contributed by atoms with Gasteiger partial charge in [-0.1, -0.05) is 12.1 Å². The van der Waals surface area contributed by atoms with Crippen LogP contribution in [0.2, 0.25) is 0 Å². The maximum absolute atomic E-state index is 12.1. The molecule has 0 spiro atoms. The summed E-state index contributed by atoms with van der Waals surface area (Å²) in [7, 11) is 0. The quantitative estimate of drug-likeness (QED) is 0.856. The average molecular weight is 311 g/mol. The van der Waals surface area contributed by atoms with Crippen LogP contribution in [-0.2, 0) is 4.79 Å². The molecule has 120 valence electrons. The smallest absolute Gasteiger partial charge is 0.262 e. The number of carbonyl (C=O) groups excluding carboxylic acids is 2. The third-order valence-corrected chi connectivity index (χ3v) is 3.63. The first-order valence-electron chi connectivity index (χ1n) is 7.47. The van der Waals surface area contributed by atoms with Crippen LogP contribution in [0.25, 0.3) is 0 Å². The van der Waals surface area contributed by atoms with Gasteiger partial charge in [0.1, 0.15) is 12.0 Å². The third kappa shape index (κ3) is 4.19. The number of ether oxygens (including phenoxy) is 1. The van der Waals surface area contributed by atoms with Gasteiger partial charge in [0.2, 0.25) is 0 Å². The molecular weight excluding hydrogens is 290 g/mol. The van der Waals surface area contributed by atoms with Crippen LogP contribution in [0.3, 0.4) is 0 Å². The standard InChI is InChI=1S/C19H21NO3/c1-12-5-6-13(2)17(7-12)20-18(22)11-23-19-14(3)8-16(10-21)9-15(19)4/h5-10H,11H2,1-4H3,(H,20,22). The van der Waals surface area contributed by atoms with Gasteiger partial charge in [0, 0.05) is 11.3 Å². The van der Waals surface area contributed by atoms with Crippen molar-refractivity contribution in [1.82, 2.24) is 0 Å². The SMILES string of the molecule is Cc1ccc(C)c(NC(=O)COc2c(C)cc(C=O)cc2C)c1. The van der Waals surface area contributed by atoms with E-state index in [1.54, 1.807) is 12.1 Å². The Balaban J connectivity index is 2.05. The Morgan fingerprint density at radius 2 is 1.70 bits per heavy atom. The summed E-state index contributed by atoms with van der Waals surface area (Å²) in [5.74, 6) is 0.434. The van der Waals surface area contributed by atoms with Crippen LogP contribution in [0.5, 0.6) is 5.75 Å². The first-order chi connectivity index (χ1) is 10.9. The van der Waals surface area contributed by atoms with Gasteiger partial charge in [-0.15, -0.1) is 0 Å². The molecular formula is C19H21NO3. The molecule has 0 aliphatic carbocycles. The molecule has 4 heteroatoms. The Hall–Kier alpha value is -2.62. The van der Waals surface area contributed by atoms with Gasteiger partial charge in [-0.3, -0.25) is 9.59 Å². The molecule has 0 heterocycles. The maximum Gasteiger partial charge on any atom is 0.262 e. The van der Waals surface area contributed by atoms with Crippen LogP contribution in [0.15, 0.2) is 30.3 Å². The van der Waals surface area contributed by atoms with Crippen molar-refractivity contribution in [2.75, 3.05) is 11.9 Å². The van der Waals surface area contributed by atoms with Gasteiger partial charge in [-0.05, 0) is 68.1 Å². The van der Waals surface area contributed by atoms with Crippen molar-refractivity contribution in [3.8, 4) is 5.75 Å². The predicted octanol–water partition coefficient (Wildman–Crippen LogP) is 3.75. The van der Waals surface area contributed by atoms with Crippen molar-refractivity contribution in [3.63, 3.8) is 0 Å². The number of hydrogen-bond donors (Lipinski definition) is 1. The Bertz CT molecular complexity index is 727. The van der Waals surface area contributed by atoms with Crippen LogP contribution in [0, 0.1) is 27.7 Å². The highest BCUT2D eigenvalue weighted by Crippen LogP contribution is 2.24. The fraction of sp³-hybridized carbons (Fsp3) is 0.263. The highest BCUT2D eigenvalue weighted by molar-refractivity contribution is 5.92. The minimum atomic E-state index is -0.211. The van der Waals surface area contributed by atoms with Crippen molar-refractivity contribution >= 4 is 17.9 Å². The number of amides is 1. The van der Waals surface area contributed by atoms with Crippen LogP contribution in [-0.4, -0.2) is 18.8 Å². The minimum absolute atomic E-state index is 0.0739. The molecule has 0 fully saturated rings. The van der Waals surface area contributed by atoms with E-state index in [0.717, 1.165) is 34.2 Å². The van der Waals surface area contributed by atoms with Gasteiger partial charge in [0.25, 0.3) is 5.91 Å². The Labute approximate surface area is 136 Å². The summed E-state index contributed by atoms with van der Waals surface area (Å²) in [6.45, 7) is 7.57. The molecule has 2 rings (SSSR count). The average Bonchev–Trinajstić information content (AvgIpc) is 2.49. The van der Waals surface area contributed by atoms with Crippen molar-refractivity contribution in [3.05, 3.63) is 58.1 Å². The molecule has 0 saturated heterocycles. The summed E-state index contributed by atoms with van der Waals surface area (Å²) in [6, 6.07) is 9.40. The Kier molecular flexibility index (Phi) is 5.16. The van der Waals surface area contributed by atoms with E-state index in [9.17, 15) is 9.59 Å². The van der Waals surface area contributed by atoms with E-state index in [-0.39, 0.29) is 12.5 Å². The van der Waals surface area contributed by atoms with E-state index >= 15 is 0 Å². The van der Waals surface area contributed by atoms with Crippen LogP contribution in [0.1, 0.15) is 32.6 Å². The number of anilines is 1. The fourth-order valence-corrected chi connectivity index (χ4v) is 2.47. The molecule has 2 aromatic rings. The van der Waals surface area contributed by atoms with Crippen molar-refractivity contribution < 1.29 is 14.3 Å². The maximum atomic E-state index is 12.1. The number of benzene rings is 2. The number of carbonyl (C=O) groups is 2. The lowest BCUT2D eigenvalue weighted by molar-refractivity contribution is -0.118. The zero-order valence-electron chi connectivity index (χ0n) is 13.9. The van der Waals surface area contributed by atoms with Gasteiger partial charge in [-0.25, -0.2) is 0 Å². The lowest BCUT2D eigenvalue weighted by Gasteiger charge is -2.14. The number of rotatable bonds is 5. The molecule has 0 radical (unpaired) electrons. The highest BCUT2D eigenvalue weighted by atomic mass is 16.5. The molecule has 0 aliphatic rings. The number of aryl methyl sites for hydroxylation is 4. The first-order valence-corrected chi connectivity index (χ1v) is 7.47. The molecule has 1 N–H and O–H groups in total. The minimum Gasteiger partial charge on any atom is -0.483 e. The van der Waals surface area contributed by atoms with Crippen molar-refractivity contribution in [2.45, 2.75) is 27.7 Å². The lowest BCUT2D eigenvalue weighted by Crippen LogP contribution is -2.21. The van der Waals surface area contributed by atoms with Crippen LogP contribution >= 0.6 is 0 Å². The first kappa shape index (κ1) is 16.7. The summed E-state index contributed by atoms with van der Waals surface area (Å²) in [5.41, 5.74) is 5.17. The normalized spacial score (nSPS) is 10.3. The number of hydrogen-bond acceptors (Lipinski definition) is 3. The highest BCUT2D eigenvalue weighted by Gasteiger charge is 2.10. The van der Waals surface area contributed by atoms with Gasteiger partial charge < -0.3 is 10.1 Å². The fourth-order valence-electron chi connectivity index (χ4n) is 2.47. The van der Waals surface area contributed by atoms with E-state index in [2.05, 4.69) is 5.32 Å². The lowest BCUT2D eigenvalue weighted by atomic mass is 10.1. The van der Waals surface area contributed by atoms with E-state index in [0.29, 0.717) is 11.3 Å². The molecule has 0 saturated carbocycles. The van der Waals surface area contributed by atoms with Crippen molar-refractivity contribution in [2.24, 2.45) is 0 Å². The van der Waals surface area contributed by atoms with E-state index < -0.39 is 0 Å². The van der Waals surface area contributed by atoms with Gasteiger partial charge in [0.05, 0.1) is 0 Å². The van der Waals surface area contributed by atoms with Crippen molar-refractivity contribution in [1.29, 1.82) is 0 Å². The number of nitrogens with one attached hydrogen (secondary N) is 1. The Morgan fingerprint density at radius 3 is 2.30 bits per heavy atom. The molecule has 2 aromatic carbocycles. The largest absolute Gasteiger partial charge is 0.483 e. The predicted molar refractivity (Wildman–Crippen MR) is 91.3 cm³/mol. The Morgan fingerprint density at radius 1 is 1.04 bits per heavy atom. The molecule has 1 amide bonds. The summed E-state index contributed by atoms with van der Waals surface area (Å²) < 4.78 is 5.64. The molecule has 0 bridgehead atoms. The summed E-state index contributed by atoms with van der Waals surface area (Å²) in [4.78, 5) is 22.9. The molecule has 4 nitrogen and oxygen atoms in total. The monoisotopic (exact) mass is 311 g/mol. The van der Waals surface area contributed by atoms with Crippen LogP contribution in [0.4, 0.5) is 5.69 Å². The summed E-state index contributed by atoms with van der Waals surface area (Å²) in [6.07, 6.45) is 0.803. The second kappa shape index (κ2) is 7.09. The summed E-state index contributed by atoms with van der Waals surface area (Å²) >= 11 is 0. The van der Waals surface area contributed by atoms with E-state index in [4.69, 9.17) is 4.74 Å². The molecule has 0 aromatic heterocycles. The second-order valence-corrected chi connectivity index (χ2v) is 5.76. The van der Waals surface area contributed by atoms with Gasteiger partial charge >= 0.3 is 0 Å². The zero-order valence-corrected chi connectivity index (χ0v) is 13.9. The van der Waals surface area contributed by atoms with E-state index in [1.165, 1.54) is 0 Å². The molecule has 0 aliphatic heterocycles. The zero-order chi connectivity index (χ0) is 17.0. The molecule has 23 heavy (non-hydrogen) atoms. The third-order valence-electron chi connectivity index (χ3n) is 3.63.